The molecule has 3 nitrogen and oxygen atoms in total. The number of halogens is 1. The first kappa shape index (κ1) is 21.0. The van der Waals surface area contributed by atoms with Gasteiger partial charge in [0.05, 0.1) is 6.04 Å². The monoisotopic (exact) mass is 352 g/mol. The Balaban J connectivity index is 0.00000288. The molecule has 1 aliphatic heterocycles. The van der Waals surface area contributed by atoms with Crippen LogP contribution in [-0.2, 0) is 4.79 Å². The Bertz CT molecular complexity index is 486. The third-order valence-electron chi connectivity index (χ3n) is 5.27. The van der Waals surface area contributed by atoms with E-state index in [1.54, 1.807) is 0 Å². The highest BCUT2D eigenvalue weighted by Crippen LogP contribution is 2.30. The summed E-state index contributed by atoms with van der Waals surface area (Å²) in [5, 5.41) is 3.40. The number of carbonyl (C=O) groups excluding carboxylic acids is 1. The molecule has 4 heteroatoms. The van der Waals surface area contributed by atoms with Gasteiger partial charge >= 0.3 is 0 Å². The van der Waals surface area contributed by atoms with Gasteiger partial charge in [0.25, 0.3) is 0 Å². The Morgan fingerprint density at radius 1 is 1.17 bits per heavy atom. The second-order valence-electron chi connectivity index (χ2n) is 7.37. The van der Waals surface area contributed by atoms with Crippen molar-refractivity contribution in [1.29, 1.82) is 0 Å². The smallest absolute Gasteiger partial charge is 0.223 e. The van der Waals surface area contributed by atoms with Gasteiger partial charge in [-0.25, -0.2) is 0 Å². The number of benzene rings is 1. The Kier molecular flexibility index (Phi) is 8.79. The number of piperidine rings is 1. The van der Waals surface area contributed by atoms with Crippen molar-refractivity contribution in [2.75, 3.05) is 20.1 Å². The van der Waals surface area contributed by atoms with Gasteiger partial charge < -0.3 is 10.2 Å². The molecule has 2 rings (SSSR count). The molecule has 1 aliphatic rings. The number of hydrogen-bond donors (Lipinski definition) is 1. The number of hydrogen-bond acceptors (Lipinski definition) is 2. The number of nitrogens with one attached hydrogen (secondary N) is 1. The van der Waals surface area contributed by atoms with E-state index >= 15 is 0 Å². The molecule has 2 atom stereocenters. The first-order chi connectivity index (χ1) is 11.0. The summed E-state index contributed by atoms with van der Waals surface area (Å²) in [5.41, 5.74) is 1.23. The van der Waals surface area contributed by atoms with E-state index in [2.05, 4.69) is 50.4 Å². The maximum atomic E-state index is 12.8. The van der Waals surface area contributed by atoms with Crippen molar-refractivity contribution >= 4 is 18.3 Å². The molecular weight excluding hydrogens is 320 g/mol. The van der Waals surface area contributed by atoms with E-state index in [9.17, 15) is 4.79 Å². The molecule has 1 N–H and O–H groups in total. The lowest BCUT2D eigenvalue weighted by Crippen LogP contribution is -2.37. The molecule has 1 saturated heterocycles. The summed E-state index contributed by atoms with van der Waals surface area (Å²) >= 11 is 0. The molecule has 0 spiro atoms. The van der Waals surface area contributed by atoms with Crippen LogP contribution in [-0.4, -0.2) is 30.9 Å². The molecule has 0 aliphatic carbocycles. The van der Waals surface area contributed by atoms with Crippen molar-refractivity contribution in [3.8, 4) is 0 Å². The maximum Gasteiger partial charge on any atom is 0.223 e. The summed E-state index contributed by atoms with van der Waals surface area (Å²) in [7, 11) is 1.97. The van der Waals surface area contributed by atoms with Crippen LogP contribution in [0.3, 0.4) is 0 Å². The van der Waals surface area contributed by atoms with E-state index < -0.39 is 0 Å². The van der Waals surface area contributed by atoms with Crippen molar-refractivity contribution in [2.24, 2.45) is 17.8 Å². The molecule has 1 fully saturated rings. The highest BCUT2D eigenvalue weighted by atomic mass is 35.5. The third kappa shape index (κ3) is 5.49. The average molecular weight is 353 g/mol. The first-order valence-electron chi connectivity index (χ1n) is 9.02. The van der Waals surface area contributed by atoms with Gasteiger partial charge in [0.1, 0.15) is 0 Å². The molecule has 0 aromatic heterocycles. The Hall–Kier alpha value is -1.06. The van der Waals surface area contributed by atoms with Gasteiger partial charge in [-0.2, -0.15) is 0 Å². The van der Waals surface area contributed by atoms with Crippen molar-refractivity contribution in [3.63, 3.8) is 0 Å². The first-order valence-corrected chi connectivity index (χ1v) is 9.02. The minimum atomic E-state index is 0. The van der Waals surface area contributed by atoms with Crippen molar-refractivity contribution < 1.29 is 4.79 Å². The third-order valence-corrected chi connectivity index (χ3v) is 5.27. The lowest BCUT2D eigenvalue weighted by Gasteiger charge is -2.34. The molecule has 0 saturated carbocycles. The van der Waals surface area contributed by atoms with E-state index in [4.69, 9.17) is 0 Å². The Morgan fingerprint density at radius 2 is 1.75 bits per heavy atom. The molecule has 1 heterocycles. The molecule has 1 aromatic carbocycles. The standard InChI is InChI=1S/C20H32N2O.ClH/c1-15(2)20(18-8-6-5-7-9-18)22(4)19(23)14-16(3)17-10-12-21-13-11-17;/h5-9,15-17,20-21H,10-14H2,1-4H3;1H. The number of nitrogens with zero attached hydrogens (tertiary/aromatic N) is 1. The average Bonchev–Trinajstić information content (AvgIpc) is 2.56. The molecular formula is C20H33ClN2O. The van der Waals surface area contributed by atoms with E-state index in [0.717, 1.165) is 13.1 Å². The molecule has 0 bridgehead atoms. The summed E-state index contributed by atoms with van der Waals surface area (Å²) in [6, 6.07) is 10.6. The van der Waals surface area contributed by atoms with Crippen LogP contribution in [0, 0.1) is 17.8 Å². The SMILES string of the molecule is CC(C)C(c1ccccc1)N(C)C(=O)CC(C)C1CCNCC1.Cl. The highest BCUT2D eigenvalue weighted by Gasteiger charge is 2.28. The highest BCUT2D eigenvalue weighted by molar-refractivity contribution is 5.85. The molecule has 1 aromatic rings. The summed E-state index contributed by atoms with van der Waals surface area (Å²) < 4.78 is 0. The zero-order valence-electron chi connectivity index (χ0n) is 15.5. The van der Waals surface area contributed by atoms with Crippen LogP contribution in [0.4, 0.5) is 0 Å². The lowest BCUT2D eigenvalue weighted by atomic mass is 9.83. The molecule has 24 heavy (non-hydrogen) atoms. The van der Waals surface area contributed by atoms with Crippen molar-refractivity contribution in [3.05, 3.63) is 35.9 Å². The quantitative estimate of drug-likeness (QED) is 0.828. The van der Waals surface area contributed by atoms with Crippen LogP contribution in [0.2, 0.25) is 0 Å². The van der Waals surface area contributed by atoms with Crippen molar-refractivity contribution in [2.45, 2.75) is 46.1 Å². The predicted octanol–water partition coefficient (Wildman–Crippen LogP) is 4.29. The summed E-state index contributed by atoms with van der Waals surface area (Å²) in [6.45, 7) is 8.82. The molecule has 136 valence electrons. The molecule has 0 radical (unpaired) electrons. The lowest BCUT2D eigenvalue weighted by molar-refractivity contribution is -0.134. The van der Waals surface area contributed by atoms with Gasteiger partial charge in [-0.3, -0.25) is 4.79 Å². The van der Waals surface area contributed by atoms with Gasteiger partial charge in [0, 0.05) is 13.5 Å². The van der Waals surface area contributed by atoms with Crippen LogP contribution in [0.15, 0.2) is 30.3 Å². The number of carbonyl (C=O) groups is 1. The zero-order chi connectivity index (χ0) is 16.8. The van der Waals surface area contributed by atoms with E-state index in [-0.39, 0.29) is 24.4 Å². The fraction of sp³-hybridized carbons (Fsp3) is 0.650. The molecule has 1 amide bonds. The molecule has 2 unspecified atom stereocenters. The van der Waals surface area contributed by atoms with Crippen molar-refractivity contribution in [1.82, 2.24) is 10.2 Å². The summed E-state index contributed by atoms with van der Waals surface area (Å²) in [4.78, 5) is 14.8. The van der Waals surface area contributed by atoms with E-state index in [1.165, 1.54) is 18.4 Å². The van der Waals surface area contributed by atoms with Crippen LogP contribution >= 0.6 is 12.4 Å². The topological polar surface area (TPSA) is 32.3 Å². The van der Waals surface area contributed by atoms with Gasteiger partial charge in [-0.05, 0) is 49.2 Å². The van der Waals surface area contributed by atoms with Crippen LogP contribution < -0.4 is 5.32 Å². The van der Waals surface area contributed by atoms with Gasteiger partial charge in [0.2, 0.25) is 5.91 Å². The van der Waals surface area contributed by atoms with E-state index in [1.807, 2.05) is 18.0 Å². The fourth-order valence-corrected chi connectivity index (χ4v) is 3.86. The van der Waals surface area contributed by atoms with Gasteiger partial charge in [0.15, 0.2) is 0 Å². The Morgan fingerprint density at radius 3 is 2.29 bits per heavy atom. The predicted molar refractivity (Wildman–Crippen MR) is 103 cm³/mol. The minimum Gasteiger partial charge on any atom is -0.338 e. The fourth-order valence-electron chi connectivity index (χ4n) is 3.86. The summed E-state index contributed by atoms with van der Waals surface area (Å²) in [5.74, 6) is 1.83. The summed E-state index contributed by atoms with van der Waals surface area (Å²) in [6.07, 6.45) is 3.06. The normalized spacial score (nSPS) is 17.9. The number of rotatable bonds is 6. The van der Waals surface area contributed by atoms with E-state index in [0.29, 0.717) is 24.2 Å². The number of amides is 1. The minimum absolute atomic E-state index is 0. The second-order valence-corrected chi connectivity index (χ2v) is 7.37. The van der Waals surface area contributed by atoms with Gasteiger partial charge in [-0.15, -0.1) is 12.4 Å². The van der Waals surface area contributed by atoms with Crippen LogP contribution in [0.1, 0.15) is 51.6 Å². The Labute approximate surface area is 153 Å². The largest absolute Gasteiger partial charge is 0.338 e. The van der Waals surface area contributed by atoms with Crippen LogP contribution in [0.5, 0.6) is 0 Å². The van der Waals surface area contributed by atoms with Gasteiger partial charge in [-0.1, -0.05) is 51.1 Å². The second kappa shape index (κ2) is 10.0. The maximum absolute atomic E-state index is 12.8. The zero-order valence-corrected chi connectivity index (χ0v) is 16.3. The van der Waals surface area contributed by atoms with Crippen LogP contribution in [0.25, 0.3) is 0 Å².